The number of rotatable bonds is 8. The van der Waals surface area contributed by atoms with Gasteiger partial charge in [0.1, 0.15) is 18.1 Å². The maximum absolute atomic E-state index is 13.5. The average Bonchev–Trinajstić information content (AvgIpc) is 3.70. The summed E-state index contributed by atoms with van der Waals surface area (Å²) >= 11 is 7.38. The fourth-order valence-electron chi connectivity index (χ4n) is 4.29. The summed E-state index contributed by atoms with van der Waals surface area (Å²) in [6.07, 6.45) is 5.25. The van der Waals surface area contributed by atoms with Gasteiger partial charge in [-0.15, -0.1) is 11.3 Å². The molecule has 202 valence electrons. The van der Waals surface area contributed by atoms with Gasteiger partial charge in [-0.05, 0) is 37.5 Å². The molecule has 1 amide bonds. The van der Waals surface area contributed by atoms with Crippen molar-refractivity contribution in [1.29, 1.82) is 0 Å². The van der Waals surface area contributed by atoms with Gasteiger partial charge in [-0.1, -0.05) is 16.8 Å². The summed E-state index contributed by atoms with van der Waals surface area (Å²) in [6.45, 7) is 1.18. The van der Waals surface area contributed by atoms with Crippen LogP contribution in [0.2, 0.25) is 4.34 Å². The molecule has 5 rings (SSSR count). The summed E-state index contributed by atoms with van der Waals surface area (Å²) in [5.41, 5.74) is -0.844. The third-order valence-corrected chi connectivity index (χ3v) is 7.48. The molecular formula is C25H23ClN6O6S. The summed E-state index contributed by atoms with van der Waals surface area (Å²) in [5.74, 6) is -2.06. The molecule has 0 aliphatic carbocycles. The molecule has 2 N–H and O–H groups in total. The minimum atomic E-state index is -1.28. The second kappa shape index (κ2) is 11.3. The molecule has 0 saturated carbocycles. The quantitative estimate of drug-likeness (QED) is 0.324. The number of hydrogen-bond acceptors (Lipinski definition) is 9. The molecule has 0 bridgehead atoms. The Labute approximate surface area is 230 Å². The van der Waals surface area contributed by atoms with E-state index in [-0.39, 0.29) is 40.9 Å². The molecule has 4 aromatic rings. The lowest BCUT2D eigenvalue weighted by molar-refractivity contribution is -0.132. The minimum absolute atomic E-state index is 0.0434. The Kier molecular flexibility index (Phi) is 7.61. The van der Waals surface area contributed by atoms with E-state index in [0.717, 1.165) is 39.6 Å². The fraction of sp³-hybridized carbons (Fsp3) is 0.280. The van der Waals surface area contributed by atoms with Crippen molar-refractivity contribution in [3.05, 3.63) is 73.6 Å². The van der Waals surface area contributed by atoms with Gasteiger partial charge in [-0.25, -0.2) is 4.79 Å². The van der Waals surface area contributed by atoms with Crippen molar-refractivity contribution < 1.29 is 24.0 Å². The smallest absolute Gasteiger partial charge is 0.337 e. The molecule has 39 heavy (non-hydrogen) atoms. The topological polar surface area (TPSA) is 153 Å². The third-order valence-electron chi connectivity index (χ3n) is 6.25. The Morgan fingerprint density at radius 1 is 1.13 bits per heavy atom. The number of likely N-dealkylation sites (tertiary alicyclic amines) is 1. The highest BCUT2D eigenvalue weighted by Gasteiger charge is 2.24. The van der Waals surface area contributed by atoms with Gasteiger partial charge in [-0.2, -0.15) is 9.78 Å². The highest BCUT2D eigenvalue weighted by atomic mass is 35.5. The zero-order valence-electron chi connectivity index (χ0n) is 20.5. The van der Waals surface area contributed by atoms with Gasteiger partial charge in [0.05, 0.1) is 28.2 Å². The number of aromatic carboxylic acids is 1. The number of halogens is 1. The van der Waals surface area contributed by atoms with E-state index >= 15 is 0 Å². The van der Waals surface area contributed by atoms with Gasteiger partial charge < -0.3 is 24.4 Å². The summed E-state index contributed by atoms with van der Waals surface area (Å²) in [5, 5.41) is 20.7. The Morgan fingerprint density at radius 3 is 2.59 bits per heavy atom. The van der Waals surface area contributed by atoms with E-state index in [9.17, 15) is 24.3 Å². The molecule has 0 radical (unpaired) electrons. The second-order valence-electron chi connectivity index (χ2n) is 8.89. The molecule has 1 aliphatic rings. The number of nitrogens with zero attached hydrogens (tertiary/aromatic N) is 5. The molecule has 0 atom stereocenters. The third kappa shape index (κ3) is 5.78. The summed E-state index contributed by atoms with van der Waals surface area (Å²) in [4.78, 5) is 53.9. The largest absolute Gasteiger partial charge is 0.478 e. The zero-order valence-corrected chi connectivity index (χ0v) is 22.1. The SMILES string of the molecule is O=C(O)c1cc(-c2cc(NCc3ccc(Cl)s3)n(C(=O)c3ccno3)n2)c(=O)n(CC(=O)N2CCCCC2)c1. The van der Waals surface area contributed by atoms with Crippen molar-refractivity contribution in [1.82, 2.24) is 24.4 Å². The number of carbonyl (C=O) groups excluding carboxylic acids is 2. The first-order valence-electron chi connectivity index (χ1n) is 12.1. The molecule has 1 fully saturated rings. The molecule has 14 heteroatoms. The van der Waals surface area contributed by atoms with Crippen LogP contribution >= 0.6 is 22.9 Å². The van der Waals surface area contributed by atoms with E-state index in [1.807, 2.05) is 6.07 Å². The standard InChI is InChI=1S/C25H23ClN6O6S/c26-20-5-4-16(39-20)12-27-21-11-18(29-32(21)24(35)19-6-7-28-38-19)17-10-15(25(36)37)13-31(23(17)34)14-22(33)30-8-2-1-3-9-30/h4-7,10-11,13,27H,1-3,8-9,12,14H2,(H,36,37). The van der Waals surface area contributed by atoms with Crippen LogP contribution in [0.15, 0.2) is 52.0 Å². The number of hydrogen-bond donors (Lipinski definition) is 2. The summed E-state index contributed by atoms with van der Waals surface area (Å²) in [7, 11) is 0. The van der Waals surface area contributed by atoms with E-state index < -0.39 is 17.4 Å². The molecule has 12 nitrogen and oxygen atoms in total. The normalized spacial score (nSPS) is 13.4. The number of carboxylic acid groups (broad SMARTS) is 1. The number of aromatic nitrogens is 4. The van der Waals surface area contributed by atoms with Crippen molar-refractivity contribution >= 4 is 46.5 Å². The number of thiophene rings is 1. The Bertz CT molecular complexity index is 1580. The average molecular weight is 571 g/mol. The van der Waals surface area contributed by atoms with Gasteiger partial charge in [0, 0.05) is 36.3 Å². The lowest BCUT2D eigenvalue weighted by Gasteiger charge is -2.27. The lowest BCUT2D eigenvalue weighted by atomic mass is 10.1. The van der Waals surface area contributed by atoms with Crippen LogP contribution in [0.3, 0.4) is 0 Å². The molecule has 5 heterocycles. The second-order valence-corrected chi connectivity index (χ2v) is 10.7. The van der Waals surface area contributed by atoms with Gasteiger partial charge in [-0.3, -0.25) is 14.4 Å². The molecule has 0 spiro atoms. The Morgan fingerprint density at radius 2 is 1.92 bits per heavy atom. The minimum Gasteiger partial charge on any atom is -0.478 e. The number of pyridine rings is 1. The predicted octanol–water partition coefficient (Wildman–Crippen LogP) is 3.43. The monoisotopic (exact) mass is 570 g/mol. The molecule has 0 unspecified atom stereocenters. The number of amides is 1. The van der Waals surface area contributed by atoms with Gasteiger partial charge in [0.25, 0.3) is 5.56 Å². The van der Waals surface area contributed by atoms with Crippen molar-refractivity contribution in [2.75, 3.05) is 18.4 Å². The van der Waals surface area contributed by atoms with Crippen LogP contribution in [-0.2, 0) is 17.9 Å². The lowest BCUT2D eigenvalue weighted by Crippen LogP contribution is -2.39. The highest BCUT2D eigenvalue weighted by molar-refractivity contribution is 7.16. The predicted molar refractivity (Wildman–Crippen MR) is 142 cm³/mol. The van der Waals surface area contributed by atoms with E-state index in [0.29, 0.717) is 24.0 Å². The number of carbonyl (C=O) groups is 3. The van der Waals surface area contributed by atoms with Crippen LogP contribution in [0.25, 0.3) is 11.3 Å². The number of carboxylic acids is 1. The molecule has 1 aliphatic heterocycles. The number of piperidine rings is 1. The van der Waals surface area contributed by atoms with E-state index in [1.54, 1.807) is 11.0 Å². The maximum atomic E-state index is 13.5. The first kappa shape index (κ1) is 26.4. The highest BCUT2D eigenvalue weighted by Crippen LogP contribution is 2.25. The first-order chi connectivity index (χ1) is 18.8. The van der Waals surface area contributed by atoms with Crippen LogP contribution in [0.5, 0.6) is 0 Å². The van der Waals surface area contributed by atoms with Crippen LogP contribution in [0.4, 0.5) is 5.82 Å². The van der Waals surface area contributed by atoms with Crippen LogP contribution < -0.4 is 10.9 Å². The molecular weight excluding hydrogens is 548 g/mol. The van der Waals surface area contributed by atoms with E-state index in [4.69, 9.17) is 16.1 Å². The Hall–Kier alpha value is -4.23. The maximum Gasteiger partial charge on any atom is 0.337 e. The molecule has 0 aromatic carbocycles. The van der Waals surface area contributed by atoms with E-state index in [1.165, 1.54) is 35.7 Å². The number of nitrogens with one attached hydrogen (secondary N) is 1. The van der Waals surface area contributed by atoms with Crippen molar-refractivity contribution in [3.8, 4) is 11.3 Å². The first-order valence-corrected chi connectivity index (χ1v) is 13.3. The van der Waals surface area contributed by atoms with Crippen molar-refractivity contribution in [3.63, 3.8) is 0 Å². The van der Waals surface area contributed by atoms with Crippen molar-refractivity contribution in [2.24, 2.45) is 0 Å². The fourth-order valence-corrected chi connectivity index (χ4v) is 5.32. The Balaban J connectivity index is 1.53. The van der Waals surface area contributed by atoms with Gasteiger partial charge in [0.15, 0.2) is 0 Å². The van der Waals surface area contributed by atoms with Gasteiger partial charge in [0.2, 0.25) is 11.7 Å². The van der Waals surface area contributed by atoms with E-state index in [2.05, 4.69) is 15.6 Å². The van der Waals surface area contributed by atoms with Crippen LogP contribution in [0, 0.1) is 0 Å². The van der Waals surface area contributed by atoms with Crippen molar-refractivity contribution in [2.45, 2.75) is 32.4 Å². The number of anilines is 1. The summed E-state index contributed by atoms with van der Waals surface area (Å²) < 4.78 is 7.68. The molecule has 1 saturated heterocycles. The van der Waals surface area contributed by atoms with Crippen LogP contribution in [-0.4, -0.2) is 60.4 Å². The zero-order chi connectivity index (χ0) is 27.5. The molecule has 4 aromatic heterocycles. The summed E-state index contributed by atoms with van der Waals surface area (Å²) in [6, 6.07) is 7.59. The van der Waals surface area contributed by atoms with Crippen LogP contribution in [0.1, 0.15) is 45.1 Å². The van der Waals surface area contributed by atoms with Gasteiger partial charge >= 0.3 is 11.9 Å².